The van der Waals surface area contributed by atoms with Crippen LogP contribution in [0.4, 0.5) is 0 Å². The Morgan fingerprint density at radius 1 is 1.37 bits per heavy atom. The summed E-state index contributed by atoms with van der Waals surface area (Å²) >= 11 is 0. The van der Waals surface area contributed by atoms with Crippen LogP contribution in [0.5, 0.6) is 5.75 Å². The second-order valence-corrected chi connectivity index (χ2v) is 5.36. The first-order chi connectivity index (χ1) is 8.93. The number of β-amino-alcohol motifs (C(OH)–C–C–N with tert-alkyl or cyclic N) is 1. The Morgan fingerprint density at radius 2 is 2.05 bits per heavy atom. The lowest BCUT2D eigenvalue weighted by molar-refractivity contribution is -0.157. The van der Waals surface area contributed by atoms with E-state index in [1.807, 2.05) is 39.0 Å². The fraction of sp³-hybridized carbons (Fsp3) is 0.533. The minimum Gasteiger partial charge on any atom is -0.484 e. The molecular formula is C15H21NO3. The number of carbonyl (C=O) groups excluding carboxylic acids is 1. The topological polar surface area (TPSA) is 49.8 Å². The van der Waals surface area contributed by atoms with Gasteiger partial charge in [0.2, 0.25) is 0 Å². The van der Waals surface area contributed by atoms with Gasteiger partial charge in [0.1, 0.15) is 5.75 Å². The highest BCUT2D eigenvalue weighted by molar-refractivity contribution is 5.79. The lowest BCUT2D eigenvalue weighted by Gasteiger charge is -2.45. The van der Waals surface area contributed by atoms with E-state index in [2.05, 4.69) is 0 Å². The molecule has 1 aliphatic heterocycles. The van der Waals surface area contributed by atoms with Crippen LogP contribution in [0, 0.1) is 13.8 Å². The molecular weight excluding hydrogens is 242 g/mol. The van der Waals surface area contributed by atoms with E-state index in [4.69, 9.17) is 4.74 Å². The van der Waals surface area contributed by atoms with Crippen molar-refractivity contribution in [1.82, 2.24) is 4.90 Å². The van der Waals surface area contributed by atoms with E-state index < -0.39 is 5.60 Å². The van der Waals surface area contributed by atoms with Gasteiger partial charge >= 0.3 is 0 Å². The average molecular weight is 263 g/mol. The number of aryl methyl sites for hydroxylation is 2. The molecule has 4 nitrogen and oxygen atoms in total. The Bertz CT molecular complexity index is 478. The van der Waals surface area contributed by atoms with E-state index in [0.29, 0.717) is 25.3 Å². The standard InChI is InChI=1S/C15H21NO3/c1-4-15(18)9-16(10-15)14(17)8-19-13-6-5-11(2)12(3)7-13/h5-7,18H,4,8-10H2,1-3H3. The number of likely N-dealkylation sites (tertiary alicyclic amines) is 1. The molecule has 0 saturated carbocycles. The monoisotopic (exact) mass is 263 g/mol. The third-order valence-corrected chi connectivity index (χ3v) is 3.82. The van der Waals surface area contributed by atoms with Crippen LogP contribution in [0.1, 0.15) is 24.5 Å². The number of amides is 1. The van der Waals surface area contributed by atoms with Gasteiger partial charge in [-0.05, 0) is 43.5 Å². The molecule has 1 aromatic rings. The summed E-state index contributed by atoms with van der Waals surface area (Å²) in [6, 6.07) is 5.78. The number of hydrogen-bond donors (Lipinski definition) is 1. The highest BCUT2D eigenvalue weighted by atomic mass is 16.5. The molecule has 0 aromatic heterocycles. The molecule has 0 aliphatic carbocycles. The minimum absolute atomic E-state index is 0.0301. The maximum atomic E-state index is 11.8. The van der Waals surface area contributed by atoms with Gasteiger partial charge in [-0.2, -0.15) is 0 Å². The Balaban J connectivity index is 1.83. The van der Waals surface area contributed by atoms with E-state index in [9.17, 15) is 9.90 Å². The van der Waals surface area contributed by atoms with Gasteiger partial charge in [0.05, 0.1) is 18.7 Å². The molecule has 1 amide bonds. The molecule has 2 rings (SSSR count). The predicted octanol–water partition coefficient (Wildman–Crippen LogP) is 1.67. The Labute approximate surface area is 114 Å². The van der Waals surface area contributed by atoms with Crippen LogP contribution in [-0.2, 0) is 4.79 Å². The minimum atomic E-state index is -0.684. The first-order valence-electron chi connectivity index (χ1n) is 6.64. The third-order valence-electron chi connectivity index (χ3n) is 3.82. The summed E-state index contributed by atoms with van der Waals surface area (Å²) in [5.74, 6) is 0.638. The molecule has 0 unspecified atom stereocenters. The van der Waals surface area contributed by atoms with Gasteiger partial charge < -0.3 is 14.7 Å². The van der Waals surface area contributed by atoms with Crippen molar-refractivity contribution in [3.8, 4) is 5.75 Å². The van der Waals surface area contributed by atoms with E-state index in [1.54, 1.807) is 4.90 Å². The fourth-order valence-electron chi connectivity index (χ4n) is 2.10. The van der Waals surface area contributed by atoms with Gasteiger partial charge in [-0.1, -0.05) is 13.0 Å². The van der Waals surface area contributed by atoms with Crippen molar-refractivity contribution in [2.24, 2.45) is 0 Å². The zero-order valence-corrected chi connectivity index (χ0v) is 11.8. The van der Waals surface area contributed by atoms with Crippen molar-refractivity contribution in [3.63, 3.8) is 0 Å². The van der Waals surface area contributed by atoms with Crippen LogP contribution in [-0.4, -0.2) is 41.2 Å². The summed E-state index contributed by atoms with van der Waals surface area (Å²) in [4.78, 5) is 13.5. The summed E-state index contributed by atoms with van der Waals surface area (Å²) in [7, 11) is 0. The largest absolute Gasteiger partial charge is 0.484 e. The molecule has 1 N–H and O–H groups in total. The summed E-state index contributed by atoms with van der Waals surface area (Å²) < 4.78 is 5.49. The molecule has 104 valence electrons. The van der Waals surface area contributed by atoms with Crippen LogP contribution in [0.25, 0.3) is 0 Å². The predicted molar refractivity (Wildman–Crippen MR) is 73.2 cm³/mol. The van der Waals surface area contributed by atoms with Crippen LogP contribution < -0.4 is 4.74 Å². The van der Waals surface area contributed by atoms with Crippen molar-refractivity contribution >= 4 is 5.91 Å². The van der Waals surface area contributed by atoms with Gasteiger partial charge in [-0.3, -0.25) is 4.79 Å². The number of carbonyl (C=O) groups is 1. The highest BCUT2D eigenvalue weighted by Gasteiger charge is 2.41. The molecule has 1 heterocycles. The zero-order valence-electron chi connectivity index (χ0n) is 11.8. The van der Waals surface area contributed by atoms with Crippen molar-refractivity contribution in [1.29, 1.82) is 0 Å². The van der Waals surface area contributed by atoms with Gasteiger partial charge in [0, 0.05) is 0 Å². The van der Waals surface area contributed by atoms with Crippen molar-refractivity contribution in [2.75, 3.05) is 19.7 Å². The maximum absolute atomic E-state index is 11.8. The average Bonchev–Trinajstić information content (AvgIpc) is 2.36. The van der Waals surface area contributed by atoms with Crippen LogP contribution in [0.3, 0.4) is 0 Å². The molecule has 1 saturated heterocycles. The molecule has 0 spiro atoms. The number of ether oxygens (including phenoxy) is 1. The molecule has 0 atom stereocenters. The van der Waals surface area contributed by atoms with Crippen molar-refractivity contribution in [3.05, 3.63) is 29.3 Å². The zero-order chi connectivity index (χ0) is 14.0. The molecule has 1 aromatic carbocycles. The van der Waals surface area contributed by atoms with E-state index in [-0.39, 0.29) is 12.5 Å². The summed E-state index contributed by atoms with van der Waals surface area (Å²) in [5, 5.41) is 9.86. The maximum Gasteiger partial charge on any atom is 0.260 e. The van der Waals surface area contributed by atoms with Gasteiger partial charge in [0.25, 0.3) is 5.91 Å². The lowest BCUT2D eigenvalue weighted by atomic mass is 9.91. The Hall–Kier alpha value is -1.55. The molecule has 4 heteroatoms. The molecule has 0 radical (unpaired) electrons. The van der Waals surface area contributed by atoms with Gasteiger partial charge in [-0.25, -0.2) is 0 Å². The van der Waals surface area contributed by atoms with E-state index in [1.165, 1.54) is 5.56 Å². The number of benzene rings is 1. The molecule has 19 heavy (non-hydrogen) atoms. The number of hydrogen-bond acceptors (Lipinski definition) is 3. The molecule has 1 aliphatic rings. The van der Waals surface area contributed by atoms with Crippen molar-refractivity contribution in [2.45, 2.75) is 32.8 Å². The second kappa shape index (κ2) is 5.21. The SMILES string of the molecule is CCC1(O)CN(C(=O)COc2ccc(C)c(C)c2)C1. The normalized spacial score (nSPS) is 16.9. The quantitative estimate of drug-likeness (QED) is 0.899. The Kier molecular flexibility index (Phi) is 3.80. The number of nitrogens with zero attached hydrogens (tertiary/aromatic N) is 1. The summed E-state index contributed by atoms with van der Waals surface area (Å²) in [6.07, 6.45) is 0.675. The van der Waals surface area contributed by atoms with Gasteiger partial charge in [0.15, 0.2) is 6.61 Å². The third kappa shape index (κ3) is 3.07. The van der Waals surface area contributed by atoms with Crippen molar-refractivity contribution < 1.29 is 14.6 Å². The Morgan fingerprint density at radius 3 is 2.63 bits per heavy atom. The summed E-state index contributed by atoms with van der Waals surface area (Å²) in [5.41, 5.74) is 1.67. The lowest BCUT2D eigenvalue weighted by Crippen LogP contribution is -2.63. The number of rotatable bonds is 4. The first-order valence-corrected chi connectivity index (χ1v) is 6.64. The first kappa shape index (κ1) is 13.9. The van der Waals surface area contributed by atoms with Crippen LogP contribution in [0.15, 0.2) is 18.2 Å². The fourth-order valence-corrected chi connectivity index (χ4v) is 2.10. The van der Waals surface area contributed by atoms with Gasteiger partial charge in [-0.15, -0.1) is 0 Å². The van der Waals surface area contributed by atoms with E-state index >= 15 is 0 Å². The molecule has 1 fully saturated rings. The molecule has 0 bridgehead atoms. The summed E-state index contributed by atoms with van der Waals surface area (Å²) in [6.45, 7) is 6.84. The number of aliphatic hydroxyl groups is 1. The smallest absolute Gasteiger partial charge is 0.260 e. The highest BCUT2D eigenvalue weighted by Crippen LogP contribution is 2.24. The van der Waals surface area contributed by atoms with E-state index in [0.717, 1.165) is 5.56 Å². The van der Waals surface area contributed by atoms with Crippen LogP contribution >= 0.6 is 0 Å². The van der Waals surface area contributed by atoms with Crippen LogP contribution in [0.2, 0.25) is 0 Å². The second-order valence-electron chi connectivity index (χ2n) is 5.36.